The van der Waals surface area contributed by atoms with Crippen LogP contribution in [-0.2, 0) is 9.53 Å². The van der Waals surface area contributed by atoms with E-state index in [0.717, 1.165) is 25.9 Å². The fourth-order valence-electron chi connectivity index (χ4n) is 0.920. The SMILES string of the molecule is C=CCCNCCCC(=O)OCC. The second-order valence-electron chi connectivity index (χ2n) is 2.74. The van der Waals surface area contributed by atoms with Crippen molar-refractivity contribution in [2.45, 2.75) is 26.2 Å². The van der Waals surface area contributed by atoms with Crippen LogP contribution in [0.4, 0.5) is 0 Å². The lowest BCUT2D eigenvalue weighted by Gasteiger charge is -2.02. The van der Waals surface area contributed by atoms with Gasteiger partial charge in [0.05, 0.1) is 6.61 Å². The lowest BCUT2D eigenvalue weighted by molar-refractivity contribution is -0.143. The maximum Gasteiger partial charge on any atom is 0.305 e. The molecule has 0 amide bonds. The number of esters is 1. The molecule has 0 atom stereocenters. The highest BCUT2D eigenvalue weighted by molar-refractivity contribution is 5.69. The normalized spacial score (nSPS) is 9.62. The van der Waals surface area contributed by atoms with Crippen molar-refractivity contribution < 1.29 is 9.53 Å². The minimum Gasteiger partial charge on any atom is -0.466 e. The number of carbonyl (C=O) groups excluding carboxylic acids is 1. The first-order chi connectivity index (χ1) is 6.31. The third-order valence-corrected chi connectivity index (χ3v) is 1.57. The molecule has 0 rings (SSSR count). The van der Waals surface area contributed by atoms with Crippen LogP contribution in [0.15, 0.2) is 12.7 Å². The van der Waals surface area contributed by atoms with Gasteiger partial charge < -0.3 is 10.1 Å². The van der Waals surface area contributed by atoms with E-state index < -0.39 is 0 Å². The van der Waals surface area contributed by atoms with Crippen LogP contribution in [0.3, 0.4) is 0 Å². The monoisotopic (exact) mass is 185 g/mol. The third-order valence-electron chi connectivity index (χ3n) is 1.57. The van der Waals surface area contributed by atoms with Crippen molar-refractivity contribution >= 4 is 5.97 Å². The number of ether oxygens (including phenoxy) is 1. The Balaban J connectivity index is 3.06. The average molecular weight is 185 g/mol. The van der Waals surface area contributed by atoms with E-state index in [4.69, 9.17) is 4.74 Å². The van der Waals surface area contributed by atoms with Gasteiger partial charge in [0.1, 0.15) is 0 Å². The van der Waals surface area contributed by atoms with Gasteiger partial charge in [0.2, 0.25) is 0 Å². The quantitative estimate of drug-likeness (QED) is 0.354. The second-order valence-corrected chi connectivity index (χ2v) is 2.74. The highest BCUT2D eigenvalue weighted by Gasteiger charge is 1.99. The zero-order chi connectivity index (χ0) is 9.94. The first-order valence-corrected chi connectivity index (χ1v) is 4.78. The Kier molecular flexibility index (Phi) is 8.67. The summed E-state index contributed by atoms with van der Waals surface area (Å²) >= 11 is 0. The second kappa shape index (κ2) is 9.26. The smallest absolute Gasteiger partial charge is 0.305 e. The van der Waals surface area contributed by atoms with E-state index in [0.29, 0.717) is 13.0 Å². The highest BCUT2D eigenvalue weighted by Crippen LogP contribution is 1.91. The Morgan fingerprint density at radius 2 is 2.31 bits per heavy atom. The molecule has 0 radical (unpaired) electrons. The molecule has 0 unspecified atom stereocenters. The summed E-state index contributed by atoms with van der Waals surface area (Å²) in [5.41, 5.74) is 0. The maximum atomic E-state index is 10.9. The van der Waals surface area contributed by atoms with Gasteiger partial charge in [0.15, 0.2) is 0 Å². The topological polar surface area (TPSA) is 38.3 Å². The molecule has 3 nitrogen and oxygen atoms in total. The van der Waals surface area contributed by atoms with E-state index >= 15 is 0 Å². The van der Waals surface area contributed by atoms with Gasteiger partial charge in [-0.05, 0) is 32.9 Å². The fraction of sp³-hybridized carbons (Fsp3) is 0.700. The zero-order valence-corrected chi connectivity index (χ0v) is 8.34. The van der Waals surface area contributed by atoms with Gasteiger partial charge in [0.25, 0.3) is 0 Å². The number of nitrogens with one attached hydrogen (secondary N) is 1. The largest absolute Gasteiger partial charge is 0.466 e. The van der Waals surface area contributed by atoms with Crippen LogP contribution in [0.5, 0.6) is 0 Å². The summed E-state index contributed by atoms with van der Waals surface area (Å²) in [7, 11) is 0. The minimum absolute atomic E-state index is 0.104. The number of hydrogen-bond acceptors (Lipinski definition) is 3. The molecule has 76 valence electrons. The van der Waals surface area contributed by atoms with Crippen molar-refractivity contribution in [3.8, 4) is 0 Å². The van der Waals surface area contributed by atoms with Crippen molar-refractivity contribution in [3.63, 3.8) is 0 Å². The molecule has 0 aliphatic heterocycles. The molecule has 0 aliphatic carbocycles. The molecule has 0 fully saturated rings. The van der Waals surface area contributed by atoms with Crippen molar-refractivity contribution in [1.82, 2.24) is 5.32 Å². The van der Waals surface area contributed by atoms with Crippen LogP contribution in [0.2, 0.25) is 0 Å². The van der Waals surface area contributed by atoms with Crippen LogP contribution in [-0.4, -0.2) is 25.7 Å². The fourth-order valence-corrected chi connectivity index (χ4v) is 0.920. The predicted molar refractivity (Wildman–Crippen MR) is 53.6 cm³/mol. The van der Waals surface area contributed by atoms with E-state index in [1.807, 2.05) is 13.0 Å². The Labute approximate surface area is 80.2 Å². The zero-order valence-electron chi connectivity index (χ0n) is 8.34. The third kappa shape index (κ3) is 9.08. The van der Waals surface area contributed by atoms with Crippen molar-refractivity contribution in [2.24, 2.45) is 0 Å². The summed E-state index contributed by atoms with van der Waals surface area (Å²) in [5, 5.41) is 3.20. The first-order valence-electron chi connectivity index (χ1n) is 4.78. The molecule has 0 aliphatic rings. The van der Waals surface area contributed by atoms with Gasteiger partial charge in [-0.1, -0.05) is 6.08 Å². The van der Waals surface area contributed by atoms with Crippen LogP contribution >= 0.6 is 0 Å². The average Bonchev–Trinajstić information content (AvgIpc) is 2.11. The Morgan fingerprint density at radius 1 is 1.54 bits per heavy atom. The molecule has 13 heavy (non-hydrogen) atoms. The standard InChI is InChI=1S/C10H19NO2/c1-3-5-8-11-9-6-7-10(12)13-4-2/h3,11H,1,4-9H2,2H3. The van der Waals surface area contributed by atoms with Gasteiger partial charge >= 0.3 is 5.97 Å². The van der Waals surface area contributed by atoms with E-state index in [9.17, 15) is 4.79 Å². The summed E-state index contributed by atoms with van der Waals surface area (Å²) in [4.78, 5) is 10.9. The summed E-state index contributed by atoms with van der Waals surface area (Å²) in [6.07, 6.45) is 4.20. The van der Waals surface area contributed by atoms with Crippen LogP contribution in [0, 0.1) is 0 Å². The summed E-state index contributed by atoms with van der Waals surface area (Å²) < 4.78 is 4.79. The molecule has 0 spiro atoms. The summed E-state index contributed by atoms with van der Waals surface area (Å²) in [6.45, 7) is 7.72. The number of rotatable bonds is 8. The summed E-state index contributed by atoms with van der Waals surface area (Å²) in [5.74, 6) is -0.104. The van der Waals surface area contributed by atoms with Gasteiger partial charge in [-0.25, -0.2) is 0 Å². The molecule has 0 heterocycles. The Morgan fingerprint density at radius 3 is 2.92 bits per heavy atom. The van der Waals surface area contributed by atoms with Crippen molar-refractivity contribution in [3.05, 3.63) is 12.7 Å². The van der Waals surface area contributed by atoms with Crippen LogP contribution in [0.25, 0.3) is 0 Å². The lowest BCUT2D eigenvalue weighted by atomic mass is 10.3. The Hall–Kier alpha value is -0.830. The van der Waals surface area contributed by atoms with Gasteiger partial charge in [-0.15, -0.1) is 6.58 Å². The van der Waals surface area contributed by atoms with E-state index in [-0.39, 0.29) is 5.97 Å². The molecular formula is C10H19NO2. The molecule has 3 heteroatoms. The van der Waals surface area contributed by atoms with E-state index in [1.54, 1.807) is 0 Å². The molecule has 0 bridgehead atoms. The Bertz CT molecular complexity index is 146. The summed E-state index contributed by atoms with van der Waals surface area (Å²) in [6, 6.07) is 0. The maximum absolute atomic E-state index is 10.9. The van der Waals surface area contributed by atoms with Crippen LogP contribution in [0.1, 0.15) is 26.2 Å². The molecular weight excluding hydrogens is 166 g/mol. The van der Waals surface area contributed by atoms with Crippen LogP contribution < -0.4 is 5.32 Å². The van der Waals surface area contributed by atoms with Gasteiger partial charge in [0, 0.05) is 6.42 Å². The number of hydrogen-bond donors (Lipinski definition) is 1. The highest BCUT2D eigenvalue weighted by atomic mass is 16.5. The van der Waals surface area contributed by atoms with E-state index in [1.165, 1.54) is 0 Å². The molecule has 1 N–H and O–H groups in total. The van der Waals surface area contributed by atoms with Crippen molar-refractivity contribution in [2.75, 3.05) is 19.7 Å². The molecule has 0 aromatic carbocycles. The van der Waals surface area contributed by atoms with Gasteiger partial charge in [-0.3, -0.25) is 4.79 Å². The molecule has 0 aromatic rings. The molecule has 0 saturated heterocycles. The lowest BCUT2D eigenvalue weighted by Crippen LogP contribution is -2.17. The molecule has 0 aromatic heterocycles. The minimum atomic E-state index is -0.104. The van der Waals surface area contributed by atoms with Crippen molar-refractivity contribution in [1.29, 1.82) is 0 Å². The van der Waals surface area contributed by atoms with Gasteiger partial charge in [-0.2, -0.15) is 0 Å². The molecule has 0 saturated carbocycles. The number of carbonyl (C=O) groups is 1. The first kappa shape index (κ1) is 12.2. The predicted octanol–water partition coefficient (Wildman–Crippen LogP) is 1.50. The van der Waals surface area contributed by atoms with E-state index in [2.05, 4.69) is 11.9 Å².